The number of ether oxygens (including phenoxy) is 1. The quantitative estimate of drug-likeness (QED) is 0.366. The van der Waals surface area contributed by atoms with Crippen molar-refractivity contribution >= 4 is 29.3 Å². The minimum atomic E-state index is -0.453. The van der Waals surface area contributed by atoms with Crippen molar-refractivity contribution in [1.82, 2.24) is 0 Å². The fourth-order valence-electron chi connectivity index (χ4n) is 3.18. The van der Waals surface area contributed by atoms with Crippen molar-refractivity contribution in [1.29, 1.82) is 5.26 Å². The number of carbonyl (C=O) groups is 1. The van der Waals surface area contributed by atoms with Gasteiger partial charge in [0.25, 0.3) is 5.91 Å². The van der Waals surface area contributed by atoms with Crippen LogP contribution in [-0.2, 0) is 17.6 Å². The Morgan fingerprint density at radius 3 is 2.48 bits per heavy atom. The highest BCUT2D eigenvalue weighted by atomic mass is 35.5. The summed E-state index contributed by atoms with van der Waals surface area (Å²) in [5.74, 6) is 0.215. The molecule has 5 heteroatoms. The number of carbonyl (C=O) groups excluding carboxylic acids is 1. The van der Waals surface area contributed by atoms with Gasteiger partial charge in [-0.15, -0.1) is 0 Å². The maximum Gasteiger partial charge on any atom is 0.266 e. The summed E-state index contributed by atoms with van der Waals surface area (Å²) in [6, 6.07) is 22.8. The van der Waals surface area contributed by atoms with Crippen molar-refractivity contribution in [3.63, 3.8) is 0 Å². The summed E-state index contributed by atoms with van der Waals surface area (Å²) in [6.07, 6.45) is 3.09. The number of nitrogens with one attached hydrogen (secondary N) is 1. The van der Waals surface area contributed by atoms with E-state index in [0.29, 0.717) is 28.4 Å². The van der Waals surface area contributed by atoms with Gasteiger partial charge < -0.3 is 10.1 Å². The Kier molecular flexibility index (Phi) is 7.48. The highest BCUT2D eigenvalue weighted by Gasteiger charge is 2.12. The van der Waals surface area contributed by atoms with Crippen LogP contribution in [0.1, 0.15) is 29.2 Å². The van der Waals surface area contributed by atoms with Crippen molar-refractivity contribution in [2.75, 3.05) is 12.4 Å². The summed E-state index contributed by atoms with van der Waals surface area (Å²) in [7, 11) is 1.59. The zero-order valence-electron chi connectivity index (χ0n) is 17.5. The third kappa shape index (κ3) is 5.75. The van der Waals surface area contributed by atoms with Gasteiger partial charge in [-0.3, -0.25) is 4.79 Å². The summed E-state index contributed by atoms with van der Waals surface area (Å²) in [5, 5.41) is 13.0. The number of halogens is 1. The second-order valence-corrected chi connectivity index (χ2v) is 7.42. The van der Waals surface area contributed by atoms with Crippen LogP contribution in [0.15, 0.2) is 72.3 Å². The van der Waals surface area contributed by atoms with E-state index < -0.39 is 5.91 Å². The van der Waals surface area contributed by atoms with E-state index in [9.17, 15) is 10.1 Å². The number of hydrogen-bond donors (Lipinski definition) is 1. The maximum atomic E-state index is 12.6. The minimum Gasteiger partial charge on any atom is -0.496 e. The van der Waals surface area contributed by atoms with Gasteiger partial charge in [0.15, 0.2) is 0 Å². The number of amides is 1. The molecule has 0 atom stereocenters. The number of nitriles is 1. The first kappa shape index (κ1) is 22.1. The lowest BCUT2D eigenvalue weighted by molar-refractivity contribution is -0.112. The Balaban J connectivity index is 1.80. The molecule has 3 aromatic carbocycles. The third-order valence-electron chi connectivity index (χ3n) is 4.95. The fraction of sp³-hybridized carbons (Fsp3) is 0.154. The third-order valence-corrected chi connectivity index (χ3v) is 5.31. The standard InChI is InChI=1S/C26H23ClN2O2/c1-3-18-9-12-23(13-10-18)29-26(30)22(17-28)14-19-8-11-21(25(15-19)31-2)16-20-6-4-5-7-24(20)27/h4-15H,3,16H2,1-2H3,(H,29,30)/b22-14+. The molecule has 156 valence electrons. The maximum absolute atomic E-state index is 12.6. The van der Waals surface area contributed by atoms with Crippen molar-refractivity contribution in [2.45, 2.75) is 19.8 Å². The van der Waals surface area contributed by atoms with Crippen LogP contribution < -0.4 is 10.1 Å². The highest BCUT2D eigenvalue weighted by molar-refractivity contribution is 6.31. The van der Waals surface area contributed by atoms with E-state index in [0.717, 1.165) is 17.5 Å². The number of nitrogens with zero attached hydrogens (tertiary/aromatic N) is 1. The molecule has 0 unspecified atom stereocenters. The van der Waals surface area contributed by atoms with Crippen LogP contribution in [-0.4, -0.2) is 13.0 Å². The molecule has 0 aliphatic heterocycles. The van der Waals surface area contributed by atoms with E-state index in [1.807, 2.05) is 72.8 Å². The first-order valence-electron chi connectivity index (χ1n) is 9.96. The number of methoxy groups -OCH3 is 1. The normalized spacial score (nSPS) is 11.0. The minimum absolute atomic E-state index is 0.0143. The average Bonchev–Trinajstić information content (AvgIpc) is 2.80. The second-order valence-electron chi connectivity index (χ2n) is 7.01. The molecule has 0 aliphatic carbocycles. The van der Waals surface area contributed by atoms with E-state index in [1.54, 1.807) is 13.2 Å². The summed E-state index contributed by atoms with van der Waals surface area (Å²) >= 11 is 6.28. The summed E-state index contributed by atoms with van der Waals surface area (Å²) in [4.78, 5) is 12.6. The van der Waals surface area contributed by atoms with E-state index >= 15 is 0 Å². The molecule has 0 saturated heterocycles. The van der Waals surface area contributed by atoms with Crippen LogP contribution in [0, 0.1) is 11.3 Å². The van der Waals surface area contributed by atoms with Crippen molar-refractivity contribution in [2.24, 2.45) is 0 Å². The summed E-state index contributed by atoms with van der Waals surface area (Å²) in [6.45, 7) is 2.07. The molecular weight excluding hydrogens is 408 g/mol. The van der Waals surface area contributed by atoms with E-state index in [-0.39, 0.29) is 5.57 Å². The van der Waals surface area contributed by atoms with Gasteiger partial charge in [-0.1, -0.05) is 61.0 Å². The predicted molar refractivity (Wildman–Crippen MR) is 125 cm³/mol. The van der Waals surface area contributed by atoms with Gasteiger partial charge in [0.2, 0.25) is 0 Å². The largest absolute Gasteiger partial charge is 0.496 e. The van der Waals surface area contributed by atoms with Gasteiger partial charge in [-0.2, -0.15) is 5.26 Å². The predicted octanol–water partition coefficient (Wildman–Crippen LogP) is 6.05. The van der Waals surface area contributed by atoms with Gasteiger partial charge >= 0.3 is 0 Å². The second kappa shape index (κ2) is 10.5. The Morgan fingerprint density at radius 2 is 1.84 bits per heavy atom. The van der Waals surface area contributed by atoms with Crippen LogP contribution in [0.3, 0.4) is 0 Å². The smallest absolute Gasteiger partial charge is 0.266 e. The lowest BCUT2D eigenvalue weighted by atomic mass is 10.0. The number of rotatable bonds is 7. The van der Waals surface area contributed by atoms with Gasteiger partial charge in [0.05, 0.1) is 7.11 Å². The zero-order chi connectivity index (χ0) is 22.2. The number of benzene rings is 3. The molecule has 1 amide bonds. The Hall–Kier alpha value is -3.55. The molecule has 31 heavy (non-hydrogen) atoms. The molecule has 1 N–H and O–H groups in total. The summed E-state index contributed by atoms with van der Waals surface area (Å²) in [5.41, 5.74) is 4.51. The Bertz CT molecular complexity index is 1140. The van der Waals surface area contributed by atoms with Gasteiger partial charge in [0.1, 0.15) is 17.4 Å². The highest BCUT2D eigenvalue weighted by Crippen LogP contribution is 2.27. The summed E-state index contributed by atoms with van der Waals surface area (Å²) < 4.78 is 5.54. The first-order valence-corrected chi connectivity index (χ1v) is 10.3. The molecule has 0 saturated carbocycles. The van der Waals surface area contributed by atoms with Crippen molar-refractivity contribution in [3.05, 3.63) is 99.6 Å². The SMILES string of the molecule is CCc1ccc(NC(=O)/C(C#N)=C/c2ccc(Cc3ccccc3Cl)c(OC)c2)cc1. The average molecular weight is 431 g/mol. The topological polar surface area (TPSA) is 62.1 Å². The van der Waals surface area contributed by atoms with Crippen molar-refractivity contribution < 1.29 is 9.53 Å². The van der Waals surface area contributed by atoms with Crippen LogP contribution in [0.2, 0.25) is 5.02 Å². The molecule has 4 nitrogen and oxygen atoms in total. The van der Waals surface area contributed by atoms with Gasteiger partial charge in [0, 0.05) is 17.1 Å². The zero-order valence-corrected chi connectivity index (χ0v) is 18.2. The Morgan fingerprint density at radius 1 is 1.10 bits per heavy atom. The molecule has 3 rings (SSSR count). The van der Waals surface area contributed by atoms with E-state index in [2.05, 4.69) is 12.2 Å². The Labute approximate surface area is 187 Å². The van der Waals surface area contributed by atoms with Crippen LogP contribution >= 0.6 is 11.6 Å². The van der Waals surface area contributed by atoms with Gasteiger partial charge in [-0.25, -0.2) is 0 Å². The number of aryl methyl sites for hydroxylation is 1. The van der Waals surface area contributed by atoms with Gasteiger partial charge in [-0.05, 0) is 59.0 Å². The first-order chi connectivity index (χ1) is 15.0. The van der Waals surface area contributed by atoms with Crippen LogP contribution in [0.4, 0.5) is 5.69 Å². The van der Waals surface area contributed by atoms with E-state index in [1.165, 1.54) is 5.56 Å². The molecule has 0 radical (unpaired) electrons. The molecular formula is C26H23ClN2O2. The number of hydrogen-bond acceptors (Lipinski definition) is 3. The molecule has 3 aromatic rings. The number of anilines is 1. The molecule has 0 aliphatic rings. The van der Waals surface area contributed by atoms with Crippen molar-refractivity contribution in [3.8, 4) is 11.8 Å². The molecule has 0 heterocycles. The molecule has 0 spiro atoms. The molecule has 0 aromatic heterocycles. The monoisotopic (exact) mass is 430 g/mol. The lowest BCUT2D eigenvalue weighted by Crippen LogP contribution is -2.13. The molecule has 0 fully saturated rings. The van der Waals surface area contributed by atoms with Crippen LogP contribution in [0.25, 0.3) is 6.08 Å². The van der Waals surface area contributed by atoms with E-state index in [4.69, 9.17) is 16.3 Å². The lowest BCUT2D eigenvalue weighted by Gasteiger charge is -2.11. The van der Waals surface area contributed by atoms with Crippen LogP contribution in [0.5, 0.6) is 5.75 Å². The molecule has 0 bridgehead atoms. The fourth-order valence-corrected chi connectivity index (χ4v) is 3.38.